The summed E-state index contributed by atoms with van der Waals surface area (Å²) >= 11 is 1.70. The molecule has 0 atom stereocenters. The second kappa shape index (κ2) is 8.96. The lowest BCUT2D eigenvalue weighted by molar-refractivity contribution is -0.118. The van der Waals surface area contributed by atoms with E-state index in [1.54, 1.807) is 23.9 Å². The summed E-state index contributed by atoms with van der Waals surface area (Å²) in [6, 6.07) is 4.63. The molecule has 128 valence electrons. The summed E-state index contributed by atoms with van der Waals surface area (Å²) in [6.07, 6.45) is 4.90. The fourth-order valence-electron chi connectivity index (χ4n) is 2.52. The molecule has 7 heteroatoms. The number of amides is 1. The van der Waals surface area contributed by atoms with Crippen LogP contribution in [0.3, 0.4) is 0 Å². The first-order valence-electron chi connectivity index (χ1n) is 7.58. The van der Waals surface area contributed by atoms with Crippen LogP contribution in [0.25, 0.3) is 0 Å². The Balaban J connectivity index is 1.81. The highest BCUT2D eigenvalue weighted by Gasteiger charge is 2.16. The maximum absolute atomic E-state index is 12.3. The fraction of sp³-hybridized carbons (Fsp3) is 0.562. The van der Waals surface area contributed by atoms with Gasteiger partial charge in [-0.1, -0.05) is 18.9 Å². The Morgan fingerprint density at radius 3 is 2.74 bits per heavy atom. The van der Waals surface area contributed by atoms with Gasteiger partial charge in [0.05, 0.1) is 12.9 Å². The molecule has 0 unspecified atom stereocenters. The molecule has 1 amide bonds. The van der Waals surface area contributed by atoms with E-state index < -0.39 is 6.61 Å². The van der Waals surface area contributed by atoms with E-state index in [0.29, 0.717) is 17.5 Å². The van der Waals surface area contributed by atoms with Crippen LogP contribution in [0.5, 0.6) is 11.5 Å². The maximum atomic E-state index is 12.3. The SMILES string of the molecule is COc1cc(CNC(=O)CSC2CCCC2)ccc1OC(F)F. The van der Waals surface area contributed by atoms with Gasteiger partial charge < -0.3 is 14.8 Å². The number of benzene rings is 1. The number of rotatable bonds is 8. The number of methoxy groups -OCH3 is 1. The molecule has 0 bridgehead atoms. The van der Waals surface area contributed by atoms with Gasteiger partial charge in [0, 0.05) is 11.8 Å². The first kappa shape index (κ1) is 17.8. The molecule has 1 fully saturated rings. The summed E-state index contributed by atoms with van der Waals surface area (Å²) in [6.45, 7) is -2.57. The number of carbonyl (C=O) groups excluding carboxylic acids is 1. The van der Waals surface area contributed by atoms with Gasteiger partial charge in [-0.25, -0.2) is 0 Å². The quantitative estimate of drug-likeness (QED) is 0.782. The molecule has 23 heavy (non-hydrogen) atoms. The average molecular weight is 345 g/mol. The van der Waals surface area contributed by atoms with Gasteiger partial charge in [0.2, 0.25) is 5.91 Å². The van der Waals surface area contributed by atoms with Gasteiger partial charge in [-0.05, 0) is 30.5 Å². The molecule has 0 saturated heterocycles. The summed E-state index contributed by atoms with van der Waals surface area (Å²) in [5.41, 5.74) is 0.766. The number of alkyl halides is 2. The molecule has 0 aliphatic heterocycles. The molecule has 1 N–H and O–H groups in total. The lowest BCUT2D eigenvalue weighted by Gasteiger charge is -2.12. The van der Waals surface area contributed by atoms with E-state index in [1.807, 2.05) is 0 Å². The van der Waals surface area contributed by atoms with E-state index in [0.717, 1.165) is 5.56 Å². The van der Waals surface area contributed by atoms with Crippen molar-refractivity contribution >= 4 is 17.7 Å². The van der Waals surface area contributed by atoms with Crippen molar-refractivity contribution in [3.8, 4) is 11.5 Å². The summed E-state index contributed by atoms with van der Waals surface area (Å²) < 4.78 is 33.9. The van der Waals surface area contributed by atoms with Crippen molar-refractivity contribution in [3.63, 3.8) is 0 Å². The molecular weight excluding hydrogens is 324 g/mol. The Morgan fingerprint density at radius 2 is 2.09 bits per heavy atom. The van der Waals surface area contributed by atoms with Crippen LogP contribution >= 0.6 is 11.8 Å². The first-order valence-corrected chi connectivity index (χ1v) is 8.63. The van der Waals surface area contributed by atoms with Gasteiger partial charge >= 0.3 is 6.61 Å². The summed E-state index contributed by atoms with van der Waals surface area (Å²) in [5, 5.41) is 3.43. The minimum atomic E-state index is -2.90. The molecule has 2 rings (SSSR count). The van der Waals surface area contributed by atoms with Crippen LogP contribution in [0.2, 0.25) is 0 Å². The van der Waals surface area contributed by atoms with Gasteiger partial charge in [0.1, 0.15) is 0 Å². The van der Waals surface area contributed by atoms with Crippen molar-refractivity contribution in [1.29, 1.82) is 0 Å². The van der Waals surface area contributed by atoms with Crippen molar-refractivity contribution in [1.82, 2.24) is 5.32 Å². The Bertz CT molecular complexity index is 522. The fourth-order valence-corrected chi connectivity index (χ4v) is 3.67. The standard InChI is InChI=1S/C16H21F2NO3S/c1-21-14-8-11(6-7-13(14)22-16(17)18)9-19-15(20)10-23-12-4-2-3-5-12/h6-8,12,16H,2-5,9-10H2,1H3,(H,19,20). The van der Waals surface area contributed by atoms with Gasteiger partial charge in [-0.2, -0.15) is 8.78 Å². The zero-order valence-electron chi connectivity index (χ0n) is 13.0. The Kier molecular flexibility index (Phi) is 6.95. The van der Waals surface area contributed by atoms with Crippen LogP contribution in [0.4, 0.5) is 8.78 Å². The maximum Gasteiger partial charge on any atom is 0.387 e. The number of halogens is 2. The minimum absolute atomic E-state index is 0.0191. The lowest BCUT2D eigenvalue weighted by atomic mass is 10.2. The monoisotopic (exact) mass is 345 g/mol. The molecular formula is C16H21F2NO3S. The predicted molar refractivity (Wildman–Crippen MR) is 86.2 cm³/mol. The second-order valence-corrected chi connectivity index (χ2v) is 6.65. The van der Waals surface area contributed by atoms with Crippen LogP contribution in [0, 0.1) is 0 Å². The van der Waals surface area contributed by atoms with Crippen LogP contribution in [0.1, 0.15) is 31.2 Å². The molecule has 1 aromatic carbocycles. The summed E-state index contributed by atoms with van der Waals surface area (Å²) in [7, 11) is 1.38. The lowest BCUT2D eigenvalue weighted by Crippen LogP contribution is -2.25. The van der Waals surface area contributed by atoms with Crippen LogP contribution < -0.4 is 14.8 Å². The molecule has 0 heterocycles. The number of nitrogens with one attached hydrogen (secondary N) is 1. The highest BCUT2D eigenvalue weighted by atomic mass is 32.2. The highest BCUT2D eigenvalue weighted by molar-refractivity contribution is 8.00. The Labute approximate surface area is 138 Å². The smallest absolute Gasteiger partial charge is 0.387 e. The molecule has 1 aliphatic rings. The van der Waals surface area contributed by atoms with Crippen molar-refractivity contribution < 1.29 is 23.0 Å². The van der Waals surface area contributed by atoms with E-state index in [9.17, 15) is 13.6 Å². The van der Waals surface area contributed by atoms with Gasteiger partial charge in [-0.15, -0.1) is 11.8 Å². The van der Waals surface area contributed by atoms with Gasteiger partial charge in [0.15, 0.2) is 11.5 Å². The number of hydrogen-bond acceptors (Lipinski definition) is 4. The minimum Gasteiger partial charge on any atom is -0.493 e. The predicted octanol–water partition coefficient (Wildman–Crippen LogP) is 3.59. The van der Waals surface area contributed by atoms with Crippen LogP contribution in [-0.4, -0.2) is 30.6 Å². The summed E-state index contributed by atoms with van der Waals surface area (Å²) in [5.74, 6) is 0.634. The number of ether oxygens (including phenoxy) is 2. The number of carbonyl (C=O) groups is 1. The van der Waals surface area contributed by atoms with Gasteiger partial charge in [-0.3, -0.25) is 4.79 Å². The third kappa shape index (κ3) is 5.89. The number of thioether (sulfide) groups is 1. The van der Waals surface area contributed by atoms with E-state index in [2.05, 4.69) is 10.1 Å². The Morgan fingerprint density at radius 1 is 1.35 bits per heavy atom. The third-order valence-corrected chi connectivity index (χ3v) is 5.06. The van der Waals surface area contributed by atoms with Gasteiger partial charge in [0.25, 0.3) is 0 Å². The van der Waals surface area contributed by atoms with Crippen molar-refractivity contribution in [3.05, 3.63) is 23.8 Å². The summed E-state index contributed by atoms with van der Waals surface area (Å²) in [4.78, 5) is 11.9. The Hall–Kier alpha value is -1.50. The van der Waals surface area contributed by atoms with E-state index >= 15 is 0 Å². The second-order valence-electron chi connectivity index (χ2n) is 5.36. The molecule has 1 aliphatic carbocycles. The van der Waals surface area contributed by atoms with Crippen molar-refractivity contribution in [2.24, 2.45) is 0 Å². The molecule has 1 aromatic rings. The topological polar surface area (TPSA) is 47.6 Å². The van der Waals surface area contributed by atoms with E-state index in [1.165, 1.54) is 38.9 Å². The third-order valence-electron chi connectivity index (χ3n) is 3.69. The highest BCUT2D eigenvalue weighted by Crippen LogP contribution is 2.30. The molecule has 4 nitrogen and oxygen atoms in total. The largest absolute Gasteiger partial charge is 0.493 e. The first-order chi connectivity index (χ1) is 11.1. The number of hydrogen-bond donors (Lipinski definition) is 1. The van der Waals surface area contributed by atoms with E-state index in [4.69, 9.17) is 4.74 Å². The molecule has 0 radical (unpaired) electrons. The van der Waals surface area contributed by atoms with E-state index in [-0.39, 0.29) is 17.4 Å². The molecule has 1 saturated carbocycles. The average Bonchev–Trinajstić information content (AvgIpc) is 3.04. The van der Waals surface area contributed by atoms with Crippen LogP contribution in [-0.2, 0) is 11.3 Å². The normalized spacial score (nSPS) is 15.0. The molecule has 0 aromatic heterocycles. The zero-order valence-corrected chi connectivity index (χ0v) is 13.8. The van der Waals surface area contributed by atoms with Crippen LogP contribution in [0.15, 0.2) is 18.2 Å². The van der Waals surface area contributed by atoms with Crippen molar-refractivity contribution in [2.45, 2.75) is 44.1 Å². The molecule has 0 spiro atoms. The zero-order chi connectivity index (χ0) is 16.7. The van der Waals surface area contributed by atoms with Crippen molar-refractivity contribution in [2.75, 3.05) is 12.9 Å².